The molecule has 0 saturated carbocycles. The molecule has 2 heterocycles. The fourth-order valence-corrected chi connectivity index (χ4v) is 9.16. The molecule has 0 aliphatic rings. The van der Waals surface area contributed by atoms with Crippen LogP contribution in [0.3, 0.4) is 0 Å². The van der Waals surface area contributed by atoms with Crippen molar-refractivity contribution in [2.45, 2.75) is 0 Å². The number of benzene rings is 10. The molecule has 4 nitrogen and oxygen atoms in total. The van der Waals surface area contributed by atoms with E-state index in [-0.39, 0.29) is 0 Å². The lowest BCUT2D eigenvalue weighted by Crippen LogP contribution is -2.01. The monoisotopic (exact) mass is 777 g/mol. The topological polar surface area (TPSA) is 51.8 Å². The summed E-state index contributed by atoms with van der Waals surface area (Å²) in [4.78, 5) is 15.8. The van der Waals surface area contributed by atoms with Crippen LogP contribution in [0.25, 0.3) is 122 Å². The molecule has 284 valence electrons. The van der Waals surface area contributed by atoms with Gasteiger partial charge in [0.15, 0.2) is 17.5 Å². The standard InChI is InChI=1S/C57H35N3O/c1-3-16-36(17-4-1)37-30-32-39(33-31-37)55-58-56(60-57(59-55)50-28-15-27-48-42-22-13-14-29-51(42)61-54(48)50)49-35-34-47(40-20-7-8-21-41(40)49)53-45-25-11-9-23-43(45)52(38-18-5-2-6-19-38)44-24-10-12-26-46(44)53/h1-35H. The normalized spacial score (nSPS) is 11.6. The van der Waals surface area contributed by atoms with Crippen molar-refractivity contribution < 1.29 is 4.42 Å². The maximum Gasteiger partial charge on any atom is 0.167 e. The molecule has 0 aliphatic heterocycles. The predicted molar refractivity (Wildman–Crippen MR) is 252 cm³/mol. The Kier molecular flexibility index (Phi) is 8.13. The molecule has 0 bridgehead atoms. The van der Waals surface area contributed by atoms with Crippen LogP contribution in [0.2, 0.25) is 0 Å². The zero-order valence-electron chi connectivity index (χ0n) is 33.0. The van der Waals surface area contributed by atoms with Gasteiger partial charge in [-0.3, -0.25) is 0 Å². The van der Waals surface area contributed by atoms with Gasteiger partial charge in [-0.2, -0.15) is 0 Å². The average molecular weight is 778 g/mol. The maximum absolute atomic E-state index is 6.54. The summed E-state index contributed by atoms with van der Waals surface area (Å²) >= 11 is 0. The molecule has 12 aromatic rings. The molecule has 0 N–H and O–H groups in total. The van der Waals surface area contributed by atoms with Crippen LogP contribution in [0.4, 0.5) is 0 Å². The highest BCUT2D eigenvalue weighted by molar-refractivity contribution is 6.24. The molecule has 2 aromatic heterocycles. The number of nitrogens with zero attached hydrogens (tertiary/aromatic N) is 3. The van der Waals surface area contributed by atoms with Crippen molar-refractivity contribution in [1.29, 1.82) is 0 Å². The fraction of sp³-hybridized carbons (Fsp3) is 0. The minimum atomic E-state index is 0.554. The van der Waals surface area contributed by atoms with Crippen molar-refractivity contribution in [2.75, 3.05) is 0 Å². The Morgan fingerprint density at radius 1 is 0.246 bits per heavy atom. The number of rotatable bonds is 6. The number of furan rings is 1. The van der Waals surface area contributed by atoms with Gasteiger partial charge in [0.2, 0.25) is 0 Å². The first-order valence-electron chi connectivity index (χ1n) is 20.6. The van der Waals surface area contributed by atoms with Gasteiger partial charge in [0.25, 0.3) is 0 Å². The molecule has 12 rings (SSSR count). The average Bonchev–Trinajstić information content (AvgIpc) is 3.72. The van der Waals surface area contributed by atoms with E-state index in [4.69, 9.17) is 19.4 Å². The Morgan fingerprint density at radius 3 is 1.34 bits per heavy atom. The lowest BCUT2D eigenvalue weighted by molar-refractivity contribution is 0.669. The van der Waals surface area contributed by atoms with Crippen molar-refractivity contribution >= 4 is 54.3 Å². The number of aromatic nitrogens is 3. The first-order valence-corrected chi connectivity index (χ1v) is 20.6. The van der Waals surface area contributed by atoms with Crippen LogP contribution in [0.1, 0.15) is 0 Å². The largest absolute Gasteiger partial charge is 0.455 e. The summed E-state index contributed by atoms with van der Waals surface area (Å²) in [5, 5.41) is 9.13. The molecule has 0 fully saturated rings. The zero-order chi connectivity index (χ0) is 40.3. The second-order valence-electron chi connectivity index (χ2n) is 15.4. The Hall–Kier alpha value is -8.21. The van der Waals surface area contributed by atoms with Gasteiger partial charge in [-0.15, -0.1) is 0 Å². The van der Waals surface area contributed by atoms with E-state index in [1.54, 1.807) is 0 Å². The Balaban J connectivity index is 1.09. The van der Waals surface area contributed by atoms with Crippen LogP contribution < -0.4 is 0 Å². The van der Waals surface area contributed by atoms with E-state index < -0.39 is 0 Å². The highest BCUT2D eigenvalue weighted by Gasteiger charge is 2.22. The van der Waals surface area contributed by atoms with Crippen molar-refractivity contribution in [3.8, 4) is 67.5 Å². The van der Waals surface area contributed by atoms with Crippen LogP contribution in [0.5, 0.6) is 0 Å². The van der Waals surface area contributed by atoms with E-state index in [9.17, 15) is 0 Å². The molecule has 0 radical (unpaired) electrons. The van der Waals surface area contributed by atoms with Gasteiger partial charge in [0, 0.05) is 21.9 Å². The van der Waals surface area contributed by atoms with Gasteiger partial charge in [-0.25, -0.2) is 15.0 Å². The molecule has 61 heavy (non-hydrogen) atoms. The number of hydrogen-bond donors (Lipinski definition) is 0. The molecule has 0 saturated heterocycles. The lowest BCUT2D eigenvalue weighted by Gasteiger charge is -2.19. The quantitative estimate of drug-likeness (QED) is 0.158. The van der Waals surface area contributed by atoms with Gasteiger partial charge in [0.05, 0.1) is 5.56 Å². The fourth-order valence-electron chi connectivity index (χ4n) is 9.16. The molecule has 0 atom stereocenters. The number of para-hydroxylation sites is 2. The zero-order valence-corrected chi connectivity index (χ0v) is 33.0. The third-order valence-corrected chi connectivity index (χ3v) is 12.0. The predicted octanol–water partition coefficient (Wildman–Crippen LogP) is 15.2. The summed E-state index contributed by atoms with van der Waals surface area (Å²) in [6.45, 7) is 0. The minimum Gasteiger partial charge on any atom is -0.455 e. The van der Waals surface area contributed by atoms with E-state index >= 15 is 0 Å². The Morgan fingerprint density at radius 2 is 0.689 bits per heavy atom. The van der Waals surface area contributed by atoms with Gasteiger partial charge in [0.1, 0.15) is 11.2 Å². The van der Waals surface area contributed by atoms with Gasteiger partial charge < -0.3 is 4.42 Å². The number of fused-ring (bicyclic) bond motifs is 6. The third kappa shape index (κ3) is 5.80. The van der Waals surface area contributed by atoms with E-state index in [1.165, 1.54) is 38.2 Å². The smallest absolute Gasteiger partial charge is 0.167 e. The molecule has 10 aromatic carbocycles. The van der Waals surface area contributed by atoms with Crippen molar-refractivity contribution in [2.24, 2.45) is 0 Å². The van der Waals surface area contributed by atoms with Crippen molar-refractivity contribution in [3.63, 3.8) is 0 Å². The Bertz CT molecular complexity index is 3570. The second kappa shape index (κ2) is 14.3. The summed E-state index contributed by atoms with van der Waals surface area (Å²) in [7, 11) is 0. The van der Waals surface area contributed by atoms with Crippen LogP contribution in [0, 0.1) is 0 Å². The number of hydrogen-bond acceptors (Lipinski definition) is 4. The van der Waals surface area contributed by atoms with E-state index in [0.717, 1.165) is 66.1 Å². The third-order valence-electron chi connectivity index (χ3n) is 12.0. The van der Waals surface area contributed by atoms with Crippen LogP contribution in [-0.2, 0) is 0 Å². The minimum absolute atomic E-state index is 0.554. The molecule has 0 aliphatic carbocycles. The first-order chi connectivity index (χ1) is 30.3. The molecule has 4 heteroatoms. The molecule has 0 spiro atoms. The van der Waals surface area contributed by atoms with Crippen LogP contribution in [0.15, 0.2) is 217 Å². The summed E-state index contributed by atoms with van der Waals surface area (Å²) in [6.07, 6.45) is 0. The SMILES string of the molecule is c1ccc(-c2ccc(-c3nc(-c4ccc(-c5c6ccccc6c(-c6ccccc6)c6ccccc56)c5ccccc45)nc(-c4cccc5c4oc4ccccc45)n3)cc2)cc1. The lowest BCUT2D eigenvalue weighted by atomic mass is 9.84. The molecular formula is C57H35N3O. The maximum atomic E-state index is 6.54. The first kappa shape index (κ1) is 34.8. The van der Waals surface area contributed by atoms with E-state index in [0.29, 0.717) is 17.5 Å². The van der Waals surface area contributed by atoms with E-state index in [1.807, 2.05) is 30.3 Å². The second-order valence-corrected chi connectivity index (χ2v) is 15.4. The van der Waals surface area contributed by atoms with Crippen molar-refractivity contribution in [1.82, 2.24) is 15.0 Å². The van der Waals surface area contributed by atoms with Gasteiger partial charge in [-0.1, -0.05) is 194 Å². The van der Waals surface area contributed by atoms with Crippen molar-refractivity contribution in [3.05, 3.63) is 212 Å². The van der Waals surface area contributed by atoms with Crippen LogP contribution in [-0.4, -0.2) is 15.0 Å². The Labute approximate surface area is 352 Å². The van der Waals surface area contributed by atoms with Crippen LogP contribution >= 0.6 is 0 Å². The molecular weight excluding hydrogens is 743 g/mol. The van der Waals surface area contributed by atoms with Gasteiger partial charge >= 0.3 is 0 Å². The molecule has 0 unspecified atom stereocenters. The highest BCUT2D eigenvalue weighted by atomic mass is 16.3. The summed E-state index contributed by atoms with van der Waals surface area (Å²) in [5.74, 6) is 1.74. The van der Waals surface area contributed by atoms with E-state index in [2.05, 4.69) is 182 Å². The summed E-state index contributed by atoms with van der Waals surface area (Å²) in [5.41, 5.74) is 11.3. The highest BCUT2D eigenvalue weighted by Crippen LogP contribution is 2.46. The van der Waals surface area contributed by atoms with Gasteiger partial charge in [-0.05, 0) is 83.9 Å². The summed E-state index contributed by atoms with van der Waals surface area (Å²) < 4.78 is 6.54. The molecule has 0 amide bonds. The summed E-state index contributed by atoms with van der Waals surface area (Å²) in [6, 6.07) is 74.7.